The van der Waals surface area contributed by atoms with Gasteiger partial charge in [0.1, 0.15) is 0 Å². The van der Waals surface area contributed by atoms with Crippen LogP contribution in [0, 0.1) is 0 Å². The summed E-state index contributed by atoms with van der Waals surface area (Å²) in [6, 6.07) is 0. The van der Waals surface area contributed by atoms with Gasteiger partial charge in [-0.05, 0) is 0 Å². The molecule has 0 aromatic rings. The maximum atomic E-state index is 9.49. The van der Waals surface area contributed by atoms with Crippen molar-refractivity contribution in [2.24, 2.45) is 21.5 Å². The van der Waals surface area contributed by atoms with Gasteiger partial charge in [0, 0.05) is 0 Å². The van der Waals surface area contributed by atoms with E-state index in [1.54, 1.807) is 0 Å². The number of rotatable bonds is 1. The number of nitrogens with zero attached hydrogens (tertiary/aromatic N) is 2. The minimum absolute atomic E-state index is 0.0451. The first-order chi connectivity index (χ1) is 5.56. The van der Waals surface area contributed by atoms with Gasteiger partial charge in [-0.1, -0.05) is 11.8 Å². The van der Waals surface area contributed by atoms with Crippen LogP contribution in [0.25, 0.3) is 0 Å². The average Bonchev–Trinajstić information content (AvgIpc) is 2.32. The highest BCUT2D eigenvalue weighted by atomic mass is 35.5. The fraction of sp³-hybridized carbons (Fsp3) is 0.600. The molecule has 12 heavy (non-hydrogen) atoms. The molecule has 0 unspecified atom stereocenters. The number of halogens is 1. The molecule has 0 aliphatic carbocycles. The van der Waals surface area contributed by atoms with E-state index in [0.717, 1.165) is 0 Å². The minimum Gasteiger partial charge on any atom is -0.370 e. The molecule has 5 nitrogen and oxygen atoms in total. The van der Waals surface area contributed by atoms with Crippen LogP contribution in [-0.2, 0) is 0 Å². The lowest BCUT2D eigenvalue weighted by molar-refractivity contribution is 0.102. The van der Waals surface area contributed by atoms with Gasteiger partial charge in [0.25, 0.3) is 0 Å². The third-order valence-electron chi connectivity index (χ3n) is 1.17. The van der Waals surface area contributed by atoms with Gasteiger partial charge in [0.2, 0.25) is 0 Å². The number of nitrogens with two attached hydrogens (primary N) is 2. The molecular weight excluding hydrogens is 200 g/mol. The molecule has 1 atom stereocenters. The normalized spacial score (nSPS) is 28.3. The van der Waals surface area contributed by atoms with Crippen molar-refractivity contribution in [3.63, 3.8) is 0 Å². The Hall–Kier alpha value is -0.460. The molecule has 1 aliphatic rings. The van der Waals surface area contributed by atoms with Crippen molar-refractivity contribution in [3.8, 4) is 0 Å². The van der Waals surface area contributed by atoms with Crippen molar-refractivity contribution in [2.45, 2.75) is 5.72 Å². The lowest BCUT2D eigenvalue weighted by Gasteiger charge is -2.11. The molecule has 0 radical (unpaired) electrons. The number of hydrogen-bond donors (Lipinski definition) is 3. The summed E-state index contributed by atoms with van der Waals surface area (Å²) in [4.78, 5) is 7.52. The number of thioether (sulfide) groups is 1. The summed E-state index contributed by atoms with van der Waals surface area (Å²) in [7, 11) is 0. The molecule has 7 heteroatoms. The molecule has 0 fully saturated rings. The fourth-order valence-corrected chi connectivity index (χ4v) is 1.86. The SMILES string of the molecule is NC(N)=NC1=N[C@@](O)(CCl)CS1. The molecular formula is C5H9ClN4OS. The maximum absolute atomic E-state index is 9.49. The highest BCUT2D eigenvalue weighted by molar-refractivity contribution is 8.14. The first-order valence-corrected chi connectivity index (χ1v) is 4.68. The highest BCUT2D eigenvalue weighted by Gasteiger charge is 2.32. The molecule has 0 saturated carbocycles. The number of amidine groups is 1. The van der Waals surface area contributed by atoms with Gasteiger partial charge in [-0.3, -0.25) is 0 Å². The predicted molar refractivity (Wildman–Crippen MR) is 51.4 cm³/mol. The van der Waals surface area contributed by atoms with Crippen LogP contribution in [0.2, 0.25) is 0 Å². The zero-order chi connectivity index (χ0) is 9.19. The van der Waals surface area contributed by atoms with Crippen molar-refractivity contribution in [1.82, 2.24) is 0 Å². The van der Waals surface area contributed by atoms with Crippen LogP contribution in [0.4, 0.5) is 0 Å². The van der Waals surface area contributed by atoms with E-state index in [1.807, 2.05) is 0 Å². The second kappa shape index (κ2) is 3.51. The molecule has 0 aromatic carbocycles. The zero-order valence-electron chi connectivity index (χ0n) is 6.20. The van der Waals surface area contributed by atoms with Crippen LogP contribution in [0.5, 0.6) is 0 Å². The van der Waals surface area contributed by atoms with Crippen LogP contribution < -0.4 is 11.5 Å². The van der Waals surface area contributed by atoms with Crippen LogP contribution in [-0.4, -0.2) is 33.6 Å². The second-order valence-corrected chi connectivity index (χ2v) is 3.55. The summed E-state index contributed by atoms with van der Waals surface area (Å²) in [5.41, 5.74) is 9.03. The Morgan fingerprint density at radius 3 is 2.92 bits per heavy atom. The van der Waals surface area contributed by atoms with Crippen molar-refractivity contribution in [2.75, 3.05) is 11.6 Å². The molecule has 0 spiro atoms. The average molecular weight is 209 g/mol. The molecule has 1 aliphatic heterocycles. The van der Waals surface area contributed by atoms with Crippen molar-refractivity contribution >= 4 is 34.5 Å². The minimum atomic E-state index is -1.21. The monoisotopic (exact) mass is 208 g/mol. The van der Waals surface area contributed by atoms with Crippen LogP contribution >= 0.6 is 23.4 Å². The summed E-state index contributed by atoms with van der Waals surface area (Å²) in [6.07, 6.45) is 0. The molecule has 0 amide bonds. The van der Waals surface area contributed by atoms with E-state index in [2.05, 4.69) is 9.98 Å². The van der Waals surface area contributed by atoms with Gasteiger partial charge in [0.05, 0.1) is 11.6 Å². The van der Waals surface area contributed by atoms with Crippen molar-refractivity contribution in [3.05, 3.63) is 0 Å². The first kappa shape index (κ1) is 9.63. The Kier molecular flexibility index (Phi) is 2.81. The molecule has 5 N–H and O–H groups in total. The molecule has 1 heterocycles. The molecule has 0 saturated heterocycles. The Balaban J connectivity index is 2.72. The first-order valence-electron chi connectivity index (χ1n) is 3.16. The molecule has 0 bridgehead atoms. The second-order valence-electron chi connectivity index (χ2n) is 2.34. The number of guanidine groups is 1. The van der Waals surface area contributed by atoms with Gasteiger partial charge in [-0.25, -0.2) is 4.99 Å². The van der Waals surface area contributed by atoms with E-state index in [1.165, 1.54) is 11.8 Å². The van der Waals surface area contributed by atoms with Crippen LogP contribution in [0.15, 0.2) is 9.98 Å². The van der Waals surface area contributed by atoms with Gasteiger partial charge in [0.15, 0.2) is 16.9 Å². The molecule has 1 rings (SSSR count). The van der Waals surface area contributed by atoms with Gasteiger partial charge in [-0.15, -0.1) is 11.6 Å². The Morgan fingerprint density at radius 1 is 1.83 bits per heavy atom. The Morgan fingerprint density at radius 2 is 2.50 bits per heavy atom. The number of alkyl halides is 1. The van der Waals surface area contributed by atoms with E-state index < -0.39 is 5.72 Å². The smallest absolute Gasteiger partial charge is 0.193 e. The lowest BCUT2D eigenvalue weighted by Crippen LogP contribution is -2.28. The molecule has 0 aromatic heterocycles. The Labute approximate surface area is 78.9 Å². The lowest BCUT2D eigenvalue weighted by atomic mass is 10.3. The largest absolute Gasteiger partial charge is 0.370 e. The van der Waals surface area contributed by atoms with E-state index in [0.29, 0.717) is 10.9 Å². The number of aliphatic hydroxyl groups is 1. The standard InChI is InChI=1S/C5H9ClN4OS/c6-1-5(11)2-12-4(10-5)9-3(7)8/h11H,1-2H2,(H4,7,8,9,10)/t5-/m1/s1. The summed E-state index contributed by atoms with van der Waals surface area (Å²) in [6.45, 7) is 0. The summed E-state index contributed by atoms with van der Waals surface area (Å²) >= 11 is 6.74. The highest BCUT2D eigenvalue weighted by Crippen LogP contribution is 2.26. The third-order valence-corrected chi connectivity index (χ3v) is 2.65. The molecule has 68 valence electrons. The number of aliphatic imine (C=N–C) groups is 2. The van der Waals surface area contributed by atoms with E-state index in [9.17, 15) is 5.11 Å². The number of hydrogen-bond acceptors (Lipinski definition) is 4. The summed E-state index contributed by atoms with van der Waals surface area (Å²) < 4.78 is 0. The van der Waals surface area contributed by atoms with Crippen molar-refractivity contribution < 1.29 is 5.11 Å². The quantitative estimate of drug-likeness (QED) is 0.301. The van der Waals surface area contributed by atoms with Gasteiger partial charge in [-0.2, -0.15) is 4.99 Å². The topological polar surface area (TPSA) is 97.0 Å². The van der Waals surface area contributed by atoms with Gasteiger partial charge < -0.3 is 16.6 Å². The van der Waals surface area contributed by atoms with E-state index in [-0.39, 0.29) is 11.8 Å². The predicted octanol–water partition coefficient (Wildman–Crippen LogP) is -0.710. The van der Waals surface area contributed by atoms with Gasteiger partial charge >= 0.3 is 0 Å². The van der Waals surface area contributed by atoms with E-state index in [4.69, 9.17) is 23.1 Å². The van der Waals surface area contributed by atoms with Crippen LogP contribution in [0.1, 0.15) is 0 Å². The van der Waals surface area contributed by atoms with E-state index >= 15 is 0 Å². The fourth-order valence-electron chi connectivity index (χ4n) is 0.659. The zero-order valence-corrected chi connectivity index (χ0v) is 7.77. The maximum Gasteiger partial charge on any atom is 0.193 e. The van der Waals surface area contributed by atoms with Crippen LogP contribution in [0.3, 0.4) is 0 Å². The summed E-state index contributed by atoms with van der Waals surface area (Å²) in [5, 5.41) is 9.87. The van der Waals surface area contributed by atoms with Crippen molar-refractivity contribution in [1.29, 1.82) is 0 Å². The third kappa shape index (κ3) is 2.26. The Bertz CT molecular complexity index is 240. The summed E-state index contributed by atoms with van der Waals surface area (Å²) in [5.74, 6) is 0.367.